The number of rotatable bonds is 7. The van der Waals surface area contributed by atoms with Crippen molar-refractivity contribution in [1.29, 1.82) is 0 Å². The Balaban J connectivity index is 1.61. The van der Waals surface area contributed by atoms with Gasteiger partial charge in [-0.2, -0.15) is 0 Å². The van der Waals surface area contributed by atoms with Gasteiger partial charge in [-0.1, -0.05) is 150 Å². The van der Waals surface area contributed by atoms with Crippen LogP contribution in [-0.2, 0) is 5.41 Å². The lowest BCUT2D eigenvalue weighted by atomic mass is 9.86. The smallest absolute Gasteiger partial charge is 0.122 e. The van der Waals surface area contributed by atoms with E-state index in [0.717, 1.165) is 5.75 Å². The highest BCUT2D eigenvalue weighted by Crippen LogP contribution is 2.52. The zero-order chi connectivity index (χ0) is 31.2. The van der Waals surface area contributed by atoms with Gasteiger partial charge < -0.3 is 4.74 Å². The minimum Gasteiger partial charge on any atom is -0.489 e. The molecule has 0 saturated heterocycles. The molecule has 2 heteroatoms. The SMILES string of the molecule is C=CCOc1c(C(C)(C)C)cccc1[Si](C)(C)C1c2cc(-c3ccccc3C)ccc2-c2ccc(-c3ccccc3C)cc21. The molecule has 0 saturated carbocycles. The molecule has 0 atom stereocenters. The van der Waals surface area contributed by atoms with E-state index < -0.39 is 8.07 Å². The molecule has 0 fully saturated rings. The molecule has 1 nitrogen and oxygen atoms in total. The van der Waals surface area contributed by atoms with Crippen LogP contribution in [0.2, 0.25) is 13.1 Å². The lowest BCUT2D eigenvalue weighted by Gasteiger charge is -2.35. The normalized spacial score (nSPS) is 13.0. The molecule has 6 rings (SSSR count). The van der Waals surface area contributed by atoms with Crippen LogP contribution in [0.15, 0.2) is 116 Å². The maximum Gasteiger partial charge on any atom is 0.122 e. The molecule has 0 spiro atoms. The molecule has 0 heterocycles. The van der Waals surface area contributed by atoms with Gasteiger partial charge in [-0.25, -0.2) is 0 Å². The third kappa shape index (κ3) is 5.16. The minimum atomic E-state index is -2.29. The summed E-state index contributed by atoms with van der Waals surface area (Å²) in [6, 6.07) is 38.7. The number of hydrogen-bond donors (Lipinski definition) is 0. The predicted octanol–water partition coefficient (Wildman–Crippen LogP) is 10.8. The largest absolute Gasteiger partial charge is 0.489 e. The molecule has 222 valence electrons. The summed E-state index contributed by atoms with van der Waals surface area (Å²) in [5.74, 6) is 1.05. The van der Waals surface area contributed by atoms with Crippen molar-refractivity contribution in [2.45, 2.75) is 58.7 Å². The number of ether oxygens (including phenoxy) is 1. The Morgan fingerprint density at radius 1 is 0.682 bits per heavy atom. The van der Waals surface area contributed by atoms with Crippen LogP contribution in [0.4, 0.5) is 0 Å². The Hall–Kier alpha value is -4.14. The van der Waals surface area contributed by atoms with Crippen LogP contribution < -0.4 is 9.92 Å². The van der Waals surface area contributed by atoms with Crippen molar-refractivity contribution in [3.05, 3.63) is 144 Å². The van der Waals surface area contributed by atoms with Crippen molar-refractivity contribution in [1.82, 2.24) is 0 Å². The van der Waals surface area contributed by atoms with Crippen LogP contribution in [0.5, 0.6) is 5.75 Å². The monoisotopic (exact) mass is 592 g/mol. The number of benzene rings is 5. The van der Waals surface area contributed by atoms with Crippen molar-refractivity contribution >= 4 is 13.3 Å². The molecule has 1 aliphatic rings. The third-order valence-corrected chi connectivity index (χ3v) is 13.4. The molecular formula is C42H44OSi. The first-order chi connectivity index (χ1) is 21.0. The van der Waals surface area contributed by atoms with E-state index in [0.29, 0.717) is 6.61 Å². The van der Waals surface area contributed by atoms with Crippen LogP contribution in [0.1, 0.15) is 54.1 Å². The summed E-state index contributed by atoms with van der Waals surface area (Å²) in [6.45, 7) is 20.8. The van der Waals surface area contributed by atoms with Crippen LogP contribution >= 0.6 is 0 Å². The molecule has 0 N–H and O–H groups in total. The highest BCUT2D eigenvalue weighted by atomic mass is 28.3. The summed E-state index contributed by atoms with van der Waals surface area (Å²) in [5.41, 5.74) is 14.9. The number of para-hydroxylation sites is 1. The second-order valence-corrected chi connectivity index (χ2v) is 18.5. The fourth-order valence-electron chi connectivity index (χ4n) is 7.26. The molecule has 0 unspecified atom stereocenters. The number of hydrogen-bond acceptors (Lipinski definition) is 1. The van der Waals surface area contributed by atoms with E-state index in [1.54, 1.807) is 0 Å². The number of fused-ring (bicyclic) bond motifs is 3. The second-order valence-electron chi connectivity index (χ2n) is 13.9. The van der Waals surface area contributed by atoms with E-state index in [9.17, 15) is 0 Å². The molecule has 0 amide bonds. The summed E-state index contributed by atoms with van der Waals surface area (Å²) >= 11 is 0. The van der Waals surface area contributed by atoms with E-state index >= 15 is 0 Å². The molecule has 0 bridgehead atoms. The molecule has 5 aromatic rings. The Morgan fingerprint density at radius 3 is 1.68 bits per heavy atom. The van der Waals surface area contributed by atoms with Gasteiger partial charge in [-0.05, 0) is 85.6 Å². The lowest BCUT2D eigenvalue weighted by Crippen LogP contribution is -2.49. The van der Waals surface area contributed by atoms with Gasteiger partial charge in [0.2, 0.25) is 0 Å². The van der Waals surface area contributed by atoms with Crippen LogP contribution in [0.3, 0.4) is 0 Å². The first-order valence-electron chi connectivity index (χ1n) is 15.8. The van der Waals surface area contributed by atoms with E-state index in [1.165, 1.54) is 66.4 Å². The fourth-order valence-corrected chi connectivity index (χ4v) is 10.9. The van der Waals surface area contributed by atoms with Crippen molar-refractivity contribution < 1.29 is 4.74 Å². The summed E-state index contributed by atoms with van der Waals surface area (Å²) in [4.78, 5) is 0. The second kappa shape index (κ2) is 11.4. The number of aryl methyl sites for hydroxylation is 2. The van der Waals surface area contributed by atoms with E-state index in [4.69, 9.17) is 4.74 Å². The highest BCUT2D eigenvalue weighted by Gasteiger charge is 2.44. The Bertz CT molecular complexity index is 1780. The predicted molar refractivity (Wildman–Crippen MR) is 192 cm³/mol. The van der Waals surface area contributed by atoms with E-state index in [2.05, 4.69) is 157 Å². The van der Waals surface area contributed by atoms with E-state index in [1.807, 2.05) is 6.08 Å². The molecule has 0 radical (unpaired) electrons. The van der Waals surface area contributed by atoms with Gasteiger partial charge in [0, 0.05) is 5.54 Å². The van der Waals surface area contributed by atoms with Crippen LogP contribution in [0.25, 0.3) is 33.4 Å². The molecule has 0 aliphatic heterocycles. The maximum absolute atomic E-state index is 6.60. The first kappa shape index (κ1) is 29.9. The van der Waals surface area contributed by atoms with Gasteiger partial charge in [0.25, 0.3) is 0 Å². The van der Waals surface area contributed by atoms with Crippen molar-refractivity contribution in [3.63, 3.8) is 0 Å². The van der Waals surface area contributed by atoms with Crippen LogP contribution in [0, 0.1) is 13.8 Å². The Labute approximate surface area is 265 Å². The lowest BCUT2D eigenvalue weighted by molar-refractivity contribution is 0.354. The molecule has 1 aliphatic carbocycles. The highest BCUT2D eigenvalue weighted by molar-refractivity contribution is 6.92. The Kier molecular flexibility index (Phi) is 7.76. The van der Waals surface area contributed by atoms with Gasteiger partial charge in [0.15, 0.2) is 0 Å². The van der Waals surface area contributed by atoms with Gasteiger partial charge >= 0.3 is 0 Å². The van der Waals surface area contributed by atoms with Crippen molar-refractivity contribution in [2.24, 2.45) is 0 Å². The standard InChI is InChI=1S/C42H44OSi/c1-9-25-43-40-38(42(4,5)6)19-14-20-39(40)44(7,8)41-36-26-30(32-17-12-10-15-28(32)2)21-23-34(36)35-24-22-31(27-37(35)41)33-18-13-11-16-29(33)3/h9-24,26-27,41H,1,25H2,2-8H3. The summed E-state index contributed by atoms with van der Waals surface area (Å²) in [7, 11) is -2.29. The Morgan fingerprint density at radius 2 is 1.20 bits per heavy atom. The van der Waals surface area contributed by atoms with Gasteiger partial charge in [0.05, 0.1) is 8.07 Å². The van der Waals surface area contributed by atoms with Gasteiger partial charge in [0.1, 0.15) is 12.4 Å². The molecular weight excluding hydrogens is 549 g/mol. The van der Waals surface area contributed by atoms with Crippen molar-refractivity contribution in [2.75, 3.05) is 6.61 Å². The minimum absolute atomic E-state index is 0.0432. The summed E-state index contributed by atoms with van der Waals surface area (Å²) < 4.78 is 6.60. The summed E-state index contributed by atoms with van der Waals surface area (Å²) in [6.07, 6.45) is 1.86. The quantitative estimate of drug-likeness (QED) is 0.135. The average molecular weight is 593 g/mol. The molecule has 0 aromatic heterocycles. The van der Waals surface area contributed by atoms with Crippen LogP contribution in [-0.4, -0.2) is 14.7 Å². The van der Waals surface area contributed by atoms with Crippen molar-refractivity contribution in [3.8, 4) is 39.1 Å². The topological polar surface area (TPSA) is 9.23 Å². The zero-order valence-electron chi connectivity index (χ0n) is 27.3. The van der Waals surface area contributed by atoms with E-state index in [-0.39, 0.29) is 11.0 Å². The van der Waals surface area contributed by atoms with Gasteiger partial charge in [-0.15, -0.1) is 0 Å². The zero-order valence-corrected chi connectivity index (χ0v) is 28.3. The summed E-state index contributed by atoms with van der Waals surface area (Å²) in [5, 5.41) is 1.37. The molecule has 44 heavy (non-hydrogen) atoms. The third-order valence-electron chi connectivity index (χ3n) is 9.51. The first-order valence-corrected chi connectivity index (χ1v) is 18.9. The van der Waals surface area contributed by atoms with Gasteiger partial charge in [-0.3, -0.25) is 0 Å². The molecule has 5 aromatic carbocycles. The fraction of sp³-hybridized carbons (Fsp3) is 0.238. The average Bonchev–Trinajstić information content (AvgIpc) is 3.33. The maximum atomic E-state index is 6.60.